The Morgan fingerprint density at radius 1 is 1.33 bits per heavy atom. The van der Waals surface area contributed by atoms with Gasteiger partial charge in [0, 0.05) is 6.42 Å². The van der Waals surface area contributed by atoms with Gasteiger partial charge in [-0.3, -0.25) is 4.79 Å². The number of thiazole rings is 1. The van der Waals surface area contributed by atoms with Gasteiger partial charge in [0.2, 0.25) is 0 Å². The van der Waals surface area contributed by atoms with Crippen molar-refractivity contribution in [3.05, 3.63) is 51.2 Å². The number of hydrogen-bond donors (Lipinski definition) is 2. The zero-order valence-corrected chi connectivity index (χ0v) is 14.3. The number of nitrogens with zero attached hydrogens (tertiary/aromatic N) is 1. The smallest absolute Gasteiger partial charge is 0.326 e. The fourth-order valence-electron chi connectivity index (χ4n) is 2.29. The van der Waals surface area contributed by atoms with Gasteiger partial charge in [-0.1, -0.05) is 25.5 Å². The number of aromatic nitrogens is 1. The third kappa shape index (κ3) is 4.61. The molecule has 2 aromatic rings. The standard InChI is InChI=1S/C17H19FN2O3S/c1-3-4-13(17(22)23)20-16(21)15-10(2)19-14(24-15)9-11-5-7-12(18)8-6-11/h5-8,13H,3-4,9H2,1-2H3,(H,20,21)(H,22,23). The highest BCUT2D eigenvalue weighted by molar-refractivity contribution is 7.13. The first-order valence-corrected chi connectivity index (χ1v) is 8.46. The van der Waals surface area contributed by atoms with Crippen molar-refractivity contribution in [2.75, 3.05) is 0 Å². The normalized spacial score (nSPS) is 12.0. The second kappa shape index (κ2) is 8.01. The van der Waals surface area contributed by atoms with Gasteiger partial charge in [-0.05, 0) is 31.0 Å². The van der Waals surface area contributed by atoms with E-state index in [1.807, 2.05) is 6.92 Å². The van der Waals surface area contributed by atoms with E-state index < -0.39 is 17.9 Å². The number of nitrogens with one attached hydrogen (secondary N) is 1. The molecule has 0 bridgehead atoms. The minimum atomic E-state index is -1.04. The van der Waals surface area contributed by atoms with Crippen LogP contribution in [0, 0.1) is 12.7 Å². The van der Waals surface area contributed by atoms with Crippen LogP contribution in [0.15, 0.2) is 24.3 Å². The molecule has 1 heterocycles. The number of carbonyl (C=O) groups is 2. The van der Waals surface area contributed by atoms with E-state index in [0.29, 0.717) is 29.8 Å². The Bertz CT molecular complexity index is 728. The summed E-state index contributed by atoms with van der Waals surface area (Å²) in [5.74, 6) is -1.76. The lowest BCUT2D eigenvalue weighted by molar-refractivity contribution is -0.139. The Morgan fingerprint density at radius 2 is 2.00 bits per heavy atom. The lowest BCUT2D eigenvalue weighted by Gasteiger charge is -2.12. The Kier molecular flexibility index (Phi) is 6.03. The van der Waals surface area contributed by atoms with Crippen molar-refractivity contribution < 1.29 is 19.1 Å². The Hall–Kier alpha value is -2.28. The topological polar surface area (TPSA) is 79.3 Å². The number of carboxylic acid groups (broad SMARTS) is 1. The van der Waals surface area contributed by atoms with Crippen molar-refractivity contribution in [3.8, 4) is 0 Å². The molecule has 1 aromatic heterocycles. The highest BCUT2D eigenvalue weighted by Gasteiger charge is 2.22. The van der Waals surface area contributed by atoms with Crippen LogP contribution in [0.3, 0.4) is 0 Å². The number of rotatable bonds is 7. The molecule has 7 heteroatoms. The van der Waals surface area contributed by atoms with Gasteiger partial charge in [0.05, 0.1) is 10.7 Å². The Labute approximate surface area is 143 Å². The molecule has 1 amide bonds. The molecule has 1 aromatic carbocycles. The molecule has 0 aliphatic rings. The fourth-order valence-corrected chi connectivity index (χ4v) is 3.29. The molecule has 0 saturated carbocycles. The number of carbonyl (C=O) groups excluding carboxylic acids is 1. The SMILES string of the molecule is CCCC(NC(=O)c1sc(Cc2ccc(F)cc2)nc1C)C(=O)O. The third-order valence-electron chi connectivity index (χ3n) is 3.50. The summed E-state index contributed by atoms with van der Waals surface area (Å²) in [7, 11) is 0. The van der Waals surface area contributed by atoms with Gasteiger partial charge in [0.25, 0.3) is 5.91 Å². The van der Waals surface area contributed by atoms with E-state index in [-0.39, 0.29) is 5.82 Å². The number of carboxylic acids is 1. The first kappa shape index (κ1) is 18.1. The molecule has 2 rings (SSSR count). The molecule has 0 radical (unpaired) electrons. The maximum atomic E-state index is 12.9. The van der Waals surface area contributed by atoms with E-state index in [1.165, 1.54) is 23.5 Å². The zero-order chi connectivity index (χ0) is 17.7. The number of amides is 1. The number of aryl methyl sites for hydroxylation is 1. The van der Waals surface area contributed by atoms with Gasteiger partial charge < -0.3 is 10.4 Å². The van der Waals surface area contributed by atoms with Crippen LogP contribution in [0.4, 0.5) is 4.39 Å². The first-order chi connectivity index (χ1) is 11.4. The second-order valence-corrected chi connectivity index (χ2v) is 6.56. The summed E-state index contributed by atoms with van der Waals surface area (Å²) in [6, 6.07) is 5.21. The van der Waals surface area contributed by atoms with Crippen LogP contribution in [-0.4, -0.2) is 28.0 Å². The molecule has 0 aliphatic carbocycles. The van der Waals surface area contributed by atoms with Gasteiger partial charge in [0.15, 0.2) is 0 Å². The molecule has 5 nitrogen and oxygen atoms in total. The molecule has 0 spiro atoms. The van der Waals surface area contributed by atoms with Crippen LogP contribution in [0.25, 0.3) is 0 Å². The van der Waals surface area contributed by atoms with Crippen molar-refractivity contribution in [1.82, 2.24) is 10.3 Å². The Morgan fingerprint density at radius 3 is 2.58 bits per heavy atom. The van der Waals surface area contributed by atoms with Gasteiger partial charge in [-0.25, -0.2) is 14.2 Å². The summed E-state index contributed by atoms with van der Waals surface area (Å²) in [6.07, 6.45) is 1.53. The fraction of sp³-hybridized carbons (Fsp3) is 0.353. The molecule has 24 heavy (non-hydrogen) atoms. The summed E-state index contributed by atoms with van der Waals surface area (Å²) in [5.41, 5.74) is 1.46. The minimum Gasteiger partial charge on any atom is -0.480 e. The highest BCUT2D eigenvalue weighted by atomic mass is 32.1. The summed E-state index contributed by atoms with van der Waals surface area (Å²) in [5, 5.41) is 12.4. The van der Waals surface area contributed by atoms with Crippen molar-refractivity contribution in [3.63, 3.8) is 0 Å². The van der Waals surface area contributed by atoms with Crippen LogP contribution in [0.2, 0.25) is 0 Å². The second-order valence-electron chi connectivity index (χ2n) is 5.48. The van der Waals surface area contributed by atoms with Crippen molar-refractivity contribution >= 4 is 23.2 Å². The number of hydrogen-bond acceptors (Lipinski definition) is 4. The van der Waals surface area contributed by atoms with Gasteiger partial charge in [-0.2, -0.15) is 0 Å². The lowest BCUT2D eigenvalue weighted by atomic mass is 10.1. The molecule has 1 atom stereocenters. The quantitative estimate of drug-likeness (QED) is 0.804. The van der Waals surface area contributed by atoms with Crippen LogP contribution in [0.1, 0.15) is 45.7 Å². The Balaban J connectivity index is 2.11. The molecule has 0 saturated heterocycles. The predicted molar refractivity (Wildman–Crippen MR) is 89.9 cm³/mol. The van der Waals surface area contributed by atoms with Crippen LogP contribution >= 0.6 is 11.3 Å². The minimum absolute atomic E-state index is 0.301. The number of halogens is 1. The van der Waals surface area contributed by atoms with E-state index in [1.54, 1.807) is 19.1 Å². The average Bonchev–Trinajstić information content (AvgIpc) is 2.89. The first-order valence-electron chi connectivity index (χ1n) is 7.65. The third-order valence-corrected chi connectivity index (χ3v) is 4.65. The number of benzene rings is 1. The molecular formula is C17H19FN2O3S. The average molecular weight is 350 g/mol. The molecule has 0 fully saturated rings. The van der Waals surface area contributed by atoms with E-state index >= 15 is 0 Å². The molecule has 2 N–H and O–H groups in total. The largest absolute Gasteiger partial charge is 0.480 e. The van der Waals surface area contributed by atoms with Crippen molar-refractivity contribution in [2.45, 2.75) is 39.2 Å². The van der Waals surface area contributed by atoms with Crippen LogP contribution in [0.5, 0.6) is 0 Å². The van der Waals surface area contributed by atoms with Gasteiger partial charge >= 0.3 is 5.97 Å². The molecule has 1 unspecified atom stereocenters. The van der Waals surface area contributed by atoms with E-state index in [2.05, 4.69) is 10.3 Å². The zero-order valence-electron chi connectivity index (χ0n) is 13.5. The van der Waals surface area contributed by atoms with Crippen LogP contribution < -0.4 is 5.32 Å². The molecular weight excluding hydrogens is 331 g/mol. The summed E-state index contributed by atoms with van der Waals surface area (Å²) >= 11 is 1.23. The van der Waals surface area contributed by atoms with Gasteiger partial charge in [-0.15, -0.1) is 11.3 Å². The summed E-state index contributed by atoms with van der Waals surface area (Å²) < 4.78 is 12.9. The monoisotopic (exact) mass is 350 g/mol. The van der Waals surface area contributed by atoms with E-state index in [0.717, 1.165) is 10.6 Å². The lowest BCUT2D eigenvalue weighted by Crippen LogP contribution is -2.40. The summed E-state index contributed by atoms with van der Waals surface area (Å²) in [6.45, 7) is 3.58. The predicted octanol–water partition coefficient (Wildman–Crippen LogP) is 3.16. The highest BCUT2D eigenvalue weighted by Crippen LogP contribution is 2.21. The van der Waals surface area contributed by atoms with E-state index in [4.69, 9.17) is 5.11 Å². The summed E-state index contributed by atoms with van der Waals surface area (Å²) in [4.78, 5) is 28.2. The van der Waals surface area contributed by atoms with Crippen molar-refractivity contribution in [2.24, 2.45) is 0 Å². The van der Waals surface area contributed by atoms with Crippen LogP contribution in [-0.2, 0) is 11.2 Å². The molecule has 0 aliphatic heterocycles. The maximum absolute atomic E-state index is 12.9. The van der Waals surface area contributed by atoms with E-state index in [9.17, 15) is 14.0 Å². The number of aliphatic carboxylic acids is 1. The van der Waals surface area contributed by atoms with Gasteiger partial charge in [0.1, 0.15) is 16.7 Å². The maximum Gasteiger partial charge on any atom is 0.326 e. The van der Waals surface area contributed by atoms with Crippen molar-refractivity contribution in [1.29, 1.82) is 0 Å². The molecule has 128 valence electrons.